The largest absolute Gasteiger partial charge is 0.511 e. The van der Waals surface area contributed by atoms with Gasteiger partial charge in [-0.05, 0) is 12.1 Å². The van der Waals surface area contributed by atoms with Crippen LogP contribution in [0.5, 0.6) is 0 Å². The summed E-state index contributed by atoms with van der Waals surface area (Å²) >= 11 is 0. The monoisotopic (exact) mass is 347 g/mol. The molecule has 0 aliphatic rings. The van der Waals surface area contributed by atoms with Gasteiger partial charge in [-0.1, -0.05) is 0 Å². The van der Waals surface area contributed by atoms with Crippen molar-refractivity contribution in [1.29, 1.82) is 0 Å². The molecule has 7 nitrogen and oxygen atoms in total. The highest BCUT2D eigenvalue weighted by atomic mass is 19.1. The van der Waals surface area contributed by atoms with Crippen molar-refractivity contribution in [2.24, 2.45) is 0 Å². The Balaban J connectivity index is 2.28. The zero-order chi connectivity index (χ0) is 18.1. The van der Waals surface area contributed by atoms with Gasteiger partial charge in [0, 0.05) is 24.1 Å². The fourth-order valence-electron chi connectivity index (χ4n) is 2.48. The molecule has 0 radical (unpaired) electrons. The van der Waals surface area contributed by atoms with Gasteiger partial charge in [0.2, 0.25) is 0 Å². The van der Waals surface area contributed by atoms with E-state index in [4.69, 9.17) is 5.11 Å². The van der Waals surface area contributed by atoms with E-state index < -0.39 is 28.8 Å². The first-order valence-corrected chi connectivity index (χ1v) is 7.14. The number of aliphatic hydroxyl groups is 1. The third kappa shape index (κ3) is 3.16. The van der Waals surface area contributed by atoms with Crippen LogP contribution in [0, 0.1) is 11.6 Å². The molecule has 0 spiro atoms. The van der Waals surface area contributed by atoms with E-state index in [0.29, 0.717) is 6.07 Å². The van der Waals surface area contributed by atoms with E-state index in [1.54, 1.807) is 0 Å². The van der Waals surface area contributed by atoms with Crippen LogP contribution in [-0.4, -0.2) is 30.8 Å². The van der Waals surface area contributed by atoms with E-state index in [1.807, 2.05) is 0 Å². The number of aliphatic hydroxyl groups excluding tert-OH is 1. The van der Waals surface area contributed by atoms with Gasteiger partial charge in [0.25, 0.3) is 0 Å². The summed E-state index contributed by atoms with van der Waals surface area (Å²) in [7, 11) is 0. The van der Waals surface area contributed by atoms with E-state index >= 15 is 0 Å². The summed E-state index contributed by atoms with van der Waals surface area (Å²) in [4.78, 5) is 26.9. The Labute approximate surface area is 138 Å². The predicted molar refractivity (Wildman–Crippen MR) is 82.7 cm³/mol. The Bertz CT molecular complexity index is 1070. The first-order valence-electron chi connectivity index (χ1n) is 7.14. The summed E-state index contributed by atoms with van der Waals surface area (Å²) < 4.78 is 28.1. The second-order valence-electron chi connectivity index (χ2n) is 5.26. The van der Waals surface area contributed by atoms with Crippen LogP contribution in [0.15, 0.2) is 35.4 Å². The van der Waals surface area contributed by atoms with Crippen LogP contribution in [0.3, 0.4) is 0 Å². The second kappa shape index (κ2) is 6.27. The lowest BCUT2D eigenvalue weighted by Gasteiger charge is -2.06. The van der Waals surface area contributed by atoms with Crippen LogP contribution >= 0.6 is 0 Å². The Morgan fingerprint density at radius 3 is 2.40 bits per heavy atom. The molecule has 25 heavy (non-hydrogen) atoms. The van der Waals surface area contributed by atoms with E-state index in [1.165, 1.54) is 0 Å². The summed E-state index contributed by atoms with van der Waals surface area (Å²) in [6.45, 7) is 0. The zero-order valence-electron chi connectivity index (χ0n) is 12.6. The van der Waals surface area contributed by atoms with Gasteiger partial charge in [0.05, 0.1) is 12.1 Å². The van der Waals surface area contributed by atoms with Crippen molar-refractivity contribution in [2.75, 3.05) is 0 Å². The van der Waals surface area contributed by atoms with Crippen molar-refractivity contribution < 1.29 is 23.8 Å². The smallest absolute Gasteiger partial charge is 0.303 e. The lowest BCUT2D eigenvalue weighted by Crippen LogP contribution is -2.30. The van der Waals surface area contributed by atoms with E-state index in [0.717, 1.165) is 29.0 Å². The van der Waals surface area contributed by atoms with E-state index in [2.05, 4.69) is 10.1 Å². The number of carboxylic acids is 1. The molecule has 0 saturated heterocycles. The van der Waals surface area contributed by atoms with Crippen molar-refractivity contribution in [3.63, 3.8) is 0 Å². The molecule has 3 rings (SSSR count). The van der Waals surface area contributed by atoms with Gasteiger partial charge in [-0.15, -0.1) is 0 Å². The SMILES string of the molecule is O=C(O)CC/C(O)=c1\c(=O)cc(-c2cc(F)cc(F)c2)n2ncnc12. The molecule has 0 fully saturated rings. The number of rotatable bonds is 4. The summed E-state index contributed by atoms with van der Waals surface area (Å²) in [5.41, 5.74) is -0.537. The number of carbonyl (C=O) groups is 1. The average molecular weight is 347 g/mol. The first kappa shape index (κ1) is 16.5. The molecular formula is C16H11F2N3O4. The average Bonchev–Trinajstić information content (AvgIpc) is 2.99. The molecule has 1 aromatic carbocycles. The zero-order valence-corrected chi connectivity index (χ0v) is 12.6. The van der Waals surface area contributed by atoms with Crippen molar-refractivity contribution in [2.45, 2.75) is 12.8 Å². The van der Waals surface area contributed by atoms with Crippen LogP contribution in [0.1, 0.15) is 12.8 Å². The lowest BCUT2D eigenvalue weighted by molar-refractivity contribution is -0.136. The summed E-state index contributed by atoms with van der Waals surface area (Å²) in [6, 6.07) is 3.82. The molecular weight excluding hydrogens is 336 g/mol. The van der Waals surface area contributed by atoms with Crippen LogP contribution in [0.4, 0.5) is 8.78 Å². The highest BCUT2D eigenvalue weighted by molar-refractivity contribution is 5.69. The maximum absolute atomic E-state index is 13.5. The molecule has 2 aromatic heterocycles. The number of hydrogen-bond acceptors (Lipinski definition) is 5. The molecule has 2 heterocycles. The molecule has 0 aliphatic heterocycles. The van der Waals surface area contributed by atoms with Gasteiger partial charge in [0.15, 0.2) is 11.1 Å². The normalized spacial score (nSPS) is 12.4. The third-order valence-corrected chi connectivity index (χ3v) is 3.54. The number of carboxylic acid groups (broad SMARTS) is 1. The number of aliphatic carboxylic acids is 1. The molecule has 0 bridgehead atoms. The van der Waals surface area contributed by atoms with Crippen LogP contribution in [0.25, 0.3) is 22.7 Å². The highest BCUT2D eigenvalue weighted by Crippen LogP contribution is 2.20. The van der Waals surface area contributed by atoms with Gasteiger partial charge in [0.1, 0.15) is 28.9 Å². The van der Waals surface area contributed by atoms with Gasteiger partial charge < -0.3 is 10.2 Å². The van der Waals surface area contributed by atoms with Crippen molar-refractivity contribution in [3.8, 4) is 11.3 Å². The Morgan fingerprint density at radius 2 is 1.76 bits per heavy atom. The molecule has 128 valence electrons. The quantitative estimate of drug-likeness (QED) is 0.737. The maximum atomic E-state index is 13.5. The topological polar surface area (TPSA) is 105 Å². The molecule has 0 unspecified atom stereocenters. The minimum absolute atomic E-state index is 0.0324. The summed E-state index contributed by atoms with van der Waals surface area (Å²) in [6.07, 6.45) is 0.478. The second-order valence-corrected chi connectivity index (χ2v) is 5.26. The molecule has 0 atom stereocenters. The number of nitrogens with zero attached hydrogens (tertiary/aromatic N) is 3. The van der Waals surface area contributed by atoms with E-state index in [-0.39, 0.29) is 35.0 Å². The Kier molecular flexibility index (Phi) is 4.14. The molecule has 3 aromatic rings. The van der Waals surface area contributed by atoms with Crippen molar-refractivity contribution in [1.82, 2.24) is 14.6 Å². The van der Waals surface area contributed by atoms with Crippen molar-refractivity contribution in [3.05, 3.63) is 57.7 Å². The number of halogens is 2. The number of fused-ring (bicyclic) bond motifs is 1. The molecule has 0 aliphatic carbocycles. The van der Waals surface area contributed by atoms with Gasteiger partial charge in [-0.2, -0.15) is 5.10 Å². The molecule has 9 heteroatoms. The molecule has 2 N–H and O–H groups in total. The minimum atomic E-state index is -1.14. The van der Waals surface area contributed by atoms with Crippen molar-refractivity contribution >= 4 is 17.4 Å². The van der Waals surface area contributed by atoms with Gasteiger partial charge in [-0.25, -0.2) is 18.3 Å². The Morgan fingerprint density at radius 1 is 1.08 bits per heavy atom. The minimum Gasteiger partial charge on any atom is -0.511 e. The summed E-state index contributed by atoms with van der Waals surface area (Å²) in [5, 5.41) is 22.5. The predicted octanol–water partition coefficient (Wildman–Crippen LogP) is 1.28. The number of pyridine rings is 1. The highest BCUT2D eigenvalue weighted by Gasteiger charge is 2.15. The molecule has 0 saturated carbocycles. The standard InChI is InChI=1S/C16H11F2N3O4/c17-9-3-8(4-10(18)5-9)11-6-13(23)15(12(22)1-2-14(24)25)16-19-7-20-21(11)16/h3-7,22H,1-2H2,(H,24,25)/b15-12-. The molecule has 0 amide bonds. The Hall–Kier alpha value is -3.36. The third-order valence-electron chi connectivity index (χ3n) is 3.54. The lowest BCUT2D eigenvalue weighted by atomic mass is 10.1. The van der Waals surface area contributed by atoms with Gasteiger partial charge >= 0.3 is 5.97 Å². The first-order chi connectivity index (χ1) is 11.9. The number of hydrogen-bond donors (Lipinski definition) is 2. The van der Waals surface area contributed by atoms with Crippen LogP contribution in [-0.2, 0) is 4.79 Å². The van der Waals surface area contributed by atoms with Gasteiger partial charge in [-0.3, -0.25) is 9.59 Å². The fraction of sp³-hybridized carbons (Fsp3) is 0.125. The fourth-order valence-corrected chi connectivity index (χ4v) is 2.48. The maximum Gasteiger partial charge on any atom is 0.303 e. The van der Waals surface area contributed by atoms with E-state index in [9.17, 15) is 23.5 Å². The number of aromatic nitrogens is 3. The van der Waals surface area contributed by atoms with Crippen LogP contribution < -0.4 is 10.6 Å². The van der Waals surface area contributed by atoms with Crippen LogP contribution in [0.2, 0.25) is 0 Å². The number of benzene rings is 1. The summed E-state index contributed by atoms with van der Waals surface area (Å²) in [5.74, 6) is -3.22.